The van der Waals surface area contributed by atoms with Crippen LogP contribution in [0.2, 0.25) is 5.02 Å². The quantitative estimate of drug-likeness (QED) is 0.854. The van der Waals surface area contributed by atoms with Gasteiger partial charge in [-0.3, -0.25) is 19.3 Å². The molecule has 5 nitrogen and oxygen atoms in total. The Morgan fingerprint density at radius 2 is 1.95 bits per heavy atom. The highest BCUT2D eigenvalue weighted by Gasteiger charge is 2.30. The average molecular weight is 346 g/mol. The number of likely N-dealkylation sites (tertiary alicyclic amines) is 1. The van der Waals surface area contributed by atoms with Crippen LogP contribution in [0.4, 0.5) is 5.69 Å². The first-order valence-electron chi connectivity index (χ1n) is 5.55. The number of halogens is 2. The number of amides is 3. The minimum atomic E-state index is -0.429. The molecule has 0 unspecified atom stereocenters. The summed E-state index contributed by atoms with van der Waals surface area (Å²) in [6.45, 7) is -0.259. The molecule has 0 aliphatic carbocycles. The summed E-state index contributed by atoms with van der Waals surface area (Å²) in [5, 5.41) is 3.05. The van der Waals surface area contributed by atoms with Gasteiger partial charge in [0.15, 0.2) is 0 Å². The van der Waals surface area contributed by atoms with Crippen molar-refractivity contribution in [3.05, 3.63) is 27.7 Å². The Kier molecular flexibility index (Phi) is 4.21. The number of benzene rings is 1. The highest BCUT2D eigenvalue weighted by molar-refractivity contribution is 9.10. The number of rotatable bonds is 3. The zero-order valence-corrected chi connectivity index (χ0v) is 12.1. The van der Waals surface area contributed by atoms with Gasteiger partial charge < -0.3 is 5.32 Å². The summed E-state index contributed by atoms with van der Waals surface area (Å²) in [5.41, 5.74) is 0.511. The van der Waals surface area contributed by atoms with E-state index in [2.05, 4.69) is 21.2 Å². The fraction of sp³-hybridized carbons (Fsp3) is 0.250. The molecule has 100 valence electrons. The SMILES string of the molecule is O=C(CN1C(=O)CCC1=O)Nc1ccc(Br)c(Cl)c1. The van der Waals surface area contributed by atoms with Gasteiger partial charge in [0.25, 0.3) is 0 Å². The standard InChI is InChI=1S/C12H10BrClN2O3/c13-8-2-1-7(5-9(8)14)15-10(17)6-16-11(18)3-4-12(16)19/h1-2,5H,3-4,6H2,(H,15,17). The van der Waals surface area contributed by atoms with Crippen LogP contribution in [-0.2, 0) is 14.4 Å². The van der Waals surface area contributed by atoms with Gasteiger partial charge in [-0.2, -0.15) is 0 Å². The van der Waals surface area contributed by atoms with Gasteiger partial charge >= 0.3 is 0 Å². The van der Waals surface area contributed by atoms with Gasteiger partial charge in [-0.15, -0.1) is 0 Å². The molecule has 1 aromatic carbocycles. The number of carbonyl (C=O) groups is 3. The van der Waals surface area contributed by atoms with E-state index < -0.39 is 5.91 Å². The zero-order chi connectivity index (χ0) is 14.0. The van der Waals surface area contributed by atoms with Crippen molar-refractivity contribution in [2.45, 2.75) is 12.8 Å². The molecule has 1 aliphatic rings. The number of nitrogens with one attached hydrogen (secondary N) is 1. The lowest BCUT2D eigenvalue weighted by Gasteiger charge is -2.13. The molecule has 0 spiro atoms. The molecule has 1 heterocycles. The van der Waals surface area contributed by atoms with Gasteiger partial charge in [0, 0.05) is 23.0 Å². The Bertz CT molecular complexity index is 546. The van der Waals surface area contributed by atoms with E-state index in [0.717, 1.165) is 9.37 Å². The molecule has 1 N–H and O–H groups in total. The van der Waals surface area contributed by atoms with Crippen molar-refractivity contribution >= 4 is 50.9 Å². The second-order valence-corrected chi connectivity index (χ2v) is 5.31. The van der Waals surface area contributed by atoms with Gasteiger partial charge in [-0.25, -0.2) is 0 Å². The molecule has 1 aliphatic heterocycles. The lowest BCUT2D eigenvalue weighted by Crippen LogP contribution is -2.36. The summed E-state index contributed by atoms with van der Waals surface area (Å²) in [4.78, 5) is 35.5. The Morgan fingerprint density at radius 3 is 2.53 bits per heavy atom. The second-order valence-electron chi connectivity index (χ2n) is 4.05. The third kappa shape index (κ3) is 3.33. The Balaban J connectivity index is 1.99. The van der Waals surface area contributed by atoms with Crippen LogP contribution in [0.15, 0.2) is 22.7 Å². The summed E-state index contributed by atoms with van der Waals surface area (Å²) in [5.74, 6) is -1.05. The molecular formula is C12H10BrClN2O3. The summed E-state index contributed by atoms with van der Waals surface area (Å²) in [6.07, 6.45) is 0.354. The normalized spacial score (nSPS) is 14.9. The van der Waals surface area contributed by atoms with Gasteiger partial charge in [-0.1, -0.05) is 11.6 Å². The topological polar surface area (TPSA) is 66.5 Å². The first-order chi connectivity index (χ1) is 8.97. The van der Waals surface area contributed by atoms with Crippen molar-refractivity contribution in [3.8, 4) is 0 Å². The molecule has 19 heavy (non-hydrogen) atoms. The molecule has 0 bridgehead atoms. The second kappa shape index (κ2) is 5.71. The first kappa shape index (κ1) is 14.0. The van der Waals surface area contributed by atoms with E-state index in [-0.39, 0.29) is 31.2 Å². The maximum absolute atomic E-state index is 11.7. The third-order valence-corrected chi connectivity index (χ3v) is 3.89. The molecule has 1 saturated heterocycles. The Morgan fingerprint density at radius 1 is 1.32 bits per heavy atom. The lowest BCUT2D eigenvalue weighted by atomic mass is 10.3. The number of nitrogens with zero attached hydrogens (tertiary/aromatic N) is 1. The van der Waals surface area contributed by atoms with Crippen LogP contribution in [0.25, 0.3) is 0 Å². The van der Waals surface area contributed by atoms with Gasteiger partial charge in [0.1, 0.15) is 6.54 Å². The molecule has 1 fully saturated rings. The van der Waals surface area contributed by atoms with E-state index in [9.17, 15) is 14.4 Å². The van der Waals surface area contributed by atoms with Gasteiger partial charge in [0.05, 0.1) is 5.02 Å². The molecule has 7 heteroatoms. The zero-order valence-electron chi connectivity index (χ0n) is 9.78. The minimum Gasteiger partial charge on any atom is -0.324 e. The van der Waals surface area contributed by atoms with E-state index in [4.69, 9.17) is 11.6 Å². The van der Waals surface area contributed by atoms with Crippen LogP contribution in [0.3, 0.4) is 0 Å². The minimum absolute atomic E-state index is 0.177. The van der Waals surface area contributed by atoms with Crippen molar-refractivity contribution in [2.24, 2.45) is 0 Å². The van der Waals surface area contributed by atoms with Crippen LogP contribution in [0.5, 0.6) is 0 Å². The number of anilines is 1. The van der Waals surface area contributed by atoms with Crippen molar-refractivity contribution in [3.63, 3.8) is 0 Å². The van der Waals surface area contributed by atoms with Gasteiger partial charge in [-0.05, 0) is 34.1 Å². The van der Waals surface area contributed by atoms with E-state index in [0.29, 0.717) is 10.7 Å². The summed E-state index contributed by atoms with van der Waals surface area (Å²) in [7, 11) is 0. The van der Waals surface area contributed by atoms with Crippen LogP contribution >= 0.6 is 27.5 Å². The third-order valence-electron chi connectivity index (χ3n) is 2.66. The molecule has 1 aromatic rings. The monoisotopic (exact) mass is 344 g/mol. The molecule has 2 rings (SSSR count). The summed E-state index contributed by atoms with van der Waals surface area (Å²) in [6, 6.07) is 4.95. The van der Waals surface area contributed by atoms with Crippen LogP contribution in [0, 0.1) is 0 Å². The summed E-state index contributed by atoms with van der Waals surface area (Å²) < 4.78 is 0.720. The van der Waals surface area contributed by atoms with Crippen molar-refractivity contribution < 1.29 is 14.4 Å². The number of carbonyl (C=O) groups excluding carboxylic acids is 3. The molecule has 0 aromatic heterocycles. The molecule has 0 radical (unpaired) electrons. The van der Waals surface area contributed by atoms with Crippen molar-refractivity contribution in [1.82, 2.24) is 4.90 Å². The predicted molar refractivity (Wildman–Crippen MR) is 73.7 cm³/mol. The maximum atomic E-state index is 11.7. The highest BCUT2D eigenvalue weighted by Crippen LogP contribution is 2.25. The van der Waals surface area contributed by atoms with E-state index >= 15 is 0 Å². The number of imide groups is 1. The van der Waals surface area contributed by atoms with E-state index in [1.807, 2.05) is 0 Å². The Hall–Kier alpha value is -1.40. The highest BCUT2D eigenvalue weighted by atomic mass is 79.9. The molecule has 0 saturated carbocycles. The molecule has 3 amide bonds. The summed E-state index contributed by atoms with van der Waals surface area (Å²) >= 11 is 9.14. The number of hydrogen-bond acceptors (Lipinski definition) is 3. The maximum Gasteiger partial charge on any atom is 0.244 e. The molecule has 0 atom stereocenters. The Labute approximate surface area is 123 Å². The lowest BCUT2D eigenvalue weighted by molar-refractivity contribution is -0.141. The smallest absolute Gasteiger partial charge is 0.244 e. The van der Waals surface area contributed by atoms with E-state index in [1.165, 1.54) is 0 Å². The molecular weight excluding hydrogens is 336 g/mol. The first-order valence-corrected chi connectivity index (χ1v) is 6.72. The average Bonchev–Trinajstić information content (AvgIpc) is 2.66. The number of hydrogen-bond donors (Lipinski definition) is 1. The fourth-order valence-corrected chi connectivity index (χ4v) is 2.14. The van der Waals surface area contributed by atoms with Crippen molar-refractivity contribution in [2.75, 3.05) is 11.9 Å². The predicted octanol–water partition coefficient (Wildman–Crippen LogP) is 2.19. The van der Waals surface area contributed by atoms with Crippen LogP contribution < -0.4 is 5.32 Å². The van der Waals surface area contributed by atoms with Gasteiger partial charge in [0.2, 0.25) is 17.7 Å². The van der Waals surface area contributed by atoms with Crippen LogP contribution in [-0.4, -0.2) is 29.2 Å². The van der Waals surface area contributed by atoms with Crippen LogP contribution in [0.1, 0.15) is 12.8 Å². The van der Waals surface area contributed by atoms with E-state index in [1.54, 1.807) is 18.2 Å². The largest absolute Gasteiger partial charge is 0.324 e. The fourth-order valence-electron chi connectivity index (χ4n) is 1.72. The van der Waals surface area contributed by atoms with Crippen molar-refractivity contribution in [1.29, 1.82) is 0 Å².